The van der Waals surface area contributed by atoms with Crippen LogP contribution in [0.5, 0.6) is 0 Å². The van der Waals surface area contributed by atoms with Gasteiger partial charge < -0.3 is 5.11 Å². The number of sulfonamides is 2. The van der Waals surface area contributed by atoms with E-state index in [9.17, 15) is 21.6 Å². The summed E-state index contributed by atoms with van der Waals surface area (Å²) in [6.45, 7) is 0. The number of anilines is 1. The minimum absolute atomic E-state index is 0.00541. The fraction of sp³-hybridized carbons (Fsp3) is 0.188. The molecular formula is C16H16N2O6S2. The molecule has 138 valence electrons. The fourth-order valence-electron chi connectivity index (χ4n) is 2.18. The summed E-state index contributed by atoms with van der Waals surface area (Å²) < 4.78 is 53.8. The Balaban J connectivity index is 1.77. The van der Waals surface area contributed by atoms with Gasteiger partial charge in [-0.15, -0.1) is 0 Å². The van der Waals surface area contributed by atoms with Crippen molar-refractivity contribution in [3.63, 3.8) is 0 Å². The molecule has 0 amide bonds. The van der Waals surface area contributed by atoms with Crippen LogP contribution in [0.25, 0.3) is 0 Å². The van der Waals surface area contributed by atoms with Crippen LogP contribution < -0.4 is 9.44 Å². The number of hydrogen-bond acceptors (Lipinski definition) is 5. The zero-order valence-corrected chi connectivity index (χ0v) is 15.0. The van der Waals surface area contributed by atoms with Gasteiger partial charge in [-0.3, -0.25) is 4.72 Å². The van der Waals surface area contributed by atoms with Crippen molar-refractivity contribution < 1.29 is 26.7 Å². The maximum atomic E-state index is 12.4. The Labute approximate surface area is 151 Å². The van der Waals surface area contributed by atoms with Crippen LogP contribution in [-0.4, -0.2) is 34.0 Å². The molecule has 0 heterocycles. The molecule has 26 heavy (non-hydrogen) atoms. The molecule has 0 atom stereocenters. The van der Waals surface area contributed by atoms with E-state index in [1.54, 1.807) is 0 Å². The lowest BCUT2D eigenvalue weighted by molar-refractivity contribution is 0.0697. The highest BCUT2D eigenvalue weighted by atomic mass is 32.2. The van der Waals surface area contributed by atoms with Crippen molar-refractivity contribution in [2.24, 2.45) is 0 Å². The van der Waals surface area contributed by atoms with Gasteiger partial charge in [-0.25, -0.2) is 26.4 Å². The number of carboxylic acids is 1. The largest absolute Gasteiger partial charge is 0.478 e. The second-order valence-electron chi connectivity index (χ2n) is 5.85. The standard InChI is InChI=1S/C16H16N2O6S2/c19-16(20)11-1-3-12(4-2-11)17-25(21,22)14-7-9-15(10-8-14)26(23,24)18-13-5-6-13/h1-4,7-10,13,17-18H,5-6H2,(H,19,20). The van der Waals surface area contributed by atoms with Gasteiger partial charge in [0.2, 0.25) is 10.0 Å². The second kappa shape index (κ2) is 6.71. The summed E-state index contributed by atoms with van der Waals surface area (Å²) in [6.07, 6.45) is 1.60. The first-order valence-electron chi connectivity index (χ1n) is 7.66. The van der Waals surface area contributed by atoms with E-state index in [4.69, 9.17) is 5.11 Å². The lowest BCUT2D eigenvalue weighted by atomic mass is 10.2. The SMILES string of the molecule is O=C(O)c1ccc(NS(=O)(=O)c2ccc(S(=O)(=O)NC3CC3)cc2)cc1. The second-order valence-corrected chi connectivity index (χ2v) is 9.25. The highest BCUT2D eigenvalue weighted by molar-refractivity contribution is 7.92. The first-order chi connectivity index (χ1) is 12.2. The van der Waals surface area contributed by atoms with Gasteiger partial charge in [0.25, 0.3) is 10.0 Å². The summed E-state index contributed by atoms with van der Waals surface area (Å²) >= 11 is 0. The summed E-state index contributed by atoms with van der Waals surface area (Å²) in [6, 6.07) is 10.0. The third-order valence-corrected chi connectivity index (χ3v) is 6.66. The number of rotatable bonds is 7. The third-order valence-electron chi connectivity index (χ3n) is 3.73. The number of nitrogens with one attached hydrogen (secondary N) is 2. The van der Waals surface area contributed by atoms with Crippen molar-refractivity contribution in [1.82, 2.24) is 4.72 Å². The molecule has 1 aliphatic carbocycles. The molecule has 0 unspecified atom stereocenters. The molecule has 1 aliphatic rings. The maximum absolute atomic E-state index is 12.4. The Kier molecular flexibility index (Phi) is 4.74. The van der Waals surface area contributed by atoms with E-state index in [1.807, 2.05) is 0 Å². The summed E-state index contributed by atoms with van der Waals surface area (Å²) in [5.41, 5.74) is 0.229. The highest BCUT2D eigenvalue weighted by Gasteiger charge is 2.28. The number of carbonyl (C=O) groups is 1. The molecule has 1 fully saturated rings. The lowest BCUT2D eigenvalue weighted by Gasteiger charge is -2.10. The van der Waals surface area contributed by atoms with Crippen LogP contribution in [0.4, 0.5) is 5.69 Å². The van der Waals surface area contributed by atoms with Gasteiger partial charge in [-0.2, -0.15) is 0 Å². The van der Waals surface area contributed by atoms with Gasteiger partial charge >= 0.3 is 5.97 Å². The van der Waals surface area contributed by atoms with Crippen molar-refractivity contribution >= 4 is 31.7 Å². The number of hydrogen-bond donors (Lipinski definition) is 3. The minimum atomic E-state index is -3.93. The summed E-state index contributed by atoms with van der Waals surface area (Å²) in [4.78, 5) is 10.7. The molecule has 2 aromatic carbocycles. The maximum Gasteiger partial charge on any atom is 0.335 e. The van der Waals surface area contributed by atoms with E-state index in [0.29, 0.717) is 0 Å². The van der Waals surface area contributed by atoms with E-state index in [-0.39, 0.29) is 27.1 Å². The predicted molar refractivity (Wildman–Crippen MR) is 94.0 cm³/mol. The van der Waals surface area contributed by atoms with Crippen LogP contribution >= 0.6 is 0 Å². The van der Waals surface area contributed by atoms with Crippen molar-refractivity contribution in [3.8, 4) is 0 Å². The Bertz CT molecular complexity index is 1030. The summed E-state index contributed by atoms with van der Waals surface area (Å²) in [7, 11) is -7.58. The highest BCUT2D eigenvalue weighted by Crippen LogP contribution is 2.23. The molecule has 10 heteroatoms. The van der Waals surface area contributed by atoms with Gasteiger partial charge in [-0.05, 0) is 61.4 Å². The Morgan fingerprint density at radius 3 is 1.81 bits per heavy atom. The van der Waals surface area contributed by atoms with Gasteiger partial charge in [0, 0.05) is 11.7 Å². The number of benzene rings is 2. The average molecular weight is 396 g/mol. The Morgan fingerprint density at radius 1 is 0.846 bits per heavy atom. The van der Waals surface area contributed by atoms with Gasteiger partial charge in [0.05, 0.1) is 15.4 Å². The van der Waals surface area contributed by atoms with E-state index in [0.717, 1.165) is 12.8 Å². The molecule has 3 N–H and O–H groups in total. The van der Waals surface area contributed by atoms with Crippen molar-refractivity contribution in [2.45, 2.75) is 28.7 Å². The molecule has 1 saturated carbocycles. The first-order valence-corrected chi connectivity index (χ1v) is 10.6. The quantitative estimate of drug-likeness (QED) is 0.652. The Morgan fingerprint density at radius 2 is 1.35 bits per heavy atom. The van der Waals surface area contributed by atoms with Crippen LogP contribution in [-0.2, 0) is 20.0 Å². The molecule has 8 nitrogen and oxygen atoms in total. The normalized spacial score (nSPS) is 14.8. The molecule has 0 aromatic heterocycles. The Hall–Kier alpha value is -2.43. The van der Waals surface area contributed by atoms with Gasteiger partial charge in [0.1, 0.15) is 0 Å². The van der Waals surface area contributed by atoms with Gasteiger partial charge in [0.15, 0.2) is 0 Å². The molecule has 2 aromatic rings. The van der Waals surface area contributed by atoms with E-state index in [2.05, 4.69) is 9.44 Å². The van der Waals surface area contributed by atoms with Crippen LogP contribution in [0.1, 0.15) is 23.2 Å². The zero-order chi connectivity index (χ0) is 18.9. The third kappa shape index (κ3) is 4.21. The van der Waals surface area contributed by atoms with Crippen molar-refractivity contribution in [1.29, 1.82) is 0 Å². The number of carboxylic acid groups (broad SMARTS) is 1. The molecule has 0 bridgehead atoms. The van der Waals surface area contributed by atoms with Crippen LogP contribution in [0.15, 0.2) is 58.3 Å². The average Bonchev–Trinajstić information content (AvgIpc) is 3.38. The predicted octanol–water partition coefficient (Wildman–Crippen LogP) is 1.63. The molecule has 0 radical (unpaired) electrons. The van der Waals surface area contributed by atoms with Gasteiger partial charge in [-0.1, -0.05) is 0 Å². The topological polar surface area (TPSA) is 130 Å². The van der Waals surface area contributed by atoms with E-state index in [1.165, 1.54) is 48.5 Å². The minimum Gasteiger partial charge on any atom is -0.478 e. The van der Waals surface area contributed by atoms with Crippen molar-refractivity contribution in [2.75, 3.05) is 4.72 Å². The molecule has 0 spiro atoms. The molecule has 0 aliphatic heterocycles. The summed E-state index contributed by atoms with van der Waals surface area (Å²) in [5.74, 6) is -1.11. The fourth-order valence-corrected chi connectivity index (χ4v) is 4.55. The van der Waals surface area contributed by atoms with Crippen LogP contribution in [0.3, 0.4) is 0 Å². The van der Waals surface area contributed by atoms with Crippen molar-refractivity contribution in [3.05, 3.63) is 54.1 Å². The molecular weight excluding hydrogens is 380 g/mol. The lowest BCUT2D eigenvalue weighted by Crippen LogP contribution is -2.25. The monoisotopic (exact) mass is 396 g/mol. The first kappa shape index (κ1) is 18.4. The van der Waals surface area contributed by atoms with E-state index < -0.39 is 26.0 Å². The van der Waals surface area contributed by atoms with Crippen LogP contribution in [0, 0.1) is 0 Å². The molecule has 3 rings (SSSR count). The zero-order valence-electron chi connectivity index (χ0n) is 13.4. The van der Waals surface area contributed by atoms with E-state index >= 15 is 0 Å². The molecule has 0 saturated heterocycles. The summed E-state index contributed by atoms with van der Waals surface area (Å²) in [5, 5.41) is 8.84. The smallest absolute Gasteiger partial charge is 0.335 e. The van der Waals surface area contributed by atoms with Crippen LogP contribution in [0.2, 0.25) is 0 Å². The number of aromatic carboxylic acids is 1.